The molecular weight excluding hydrogens is 352 g/mol. The molecule has 0 radical (unpaired) electrons. The smallest absolute Gasteiger partial charge is 0.223 e. The summed E-state index contributed by atoms with van der Waals surface area (Å²) in [5.41, 5.74) is 4.83. The summed E-state index contributed by atoms with van der Waals surface area (Å²) >= 11 is 1.64. The predicted octanol–water partition coefficient (Wildman–Crippen LogP) is 6.56. The monoisotopic (exact) mass is 378 g/mol. The van der Waals surface area contributed by atoms with Gasteiger partial charge in [-0.25, -0.2) is 4.98 Å². The van der Waals surface area contributed by atoms with Crippen molar-refractivity contribution in [2.24, 2.45) is 0 Å². The SMILES string of the molecule is CCc1cc(Oc2ccc(C(C)C)cc2)nc(SCc2cccc(C)c2)n1. The summed E-state index contributed by atoms with van der Waals surface area (Å²) in [6, 6.07) is 18.7. The van der Waals surface area contributed by atoms with Crippen LogP contribution < -0.4 is 4.74 Å². The lowest BCUT2D eigenvalue weighted by molar-refractivity contribution is 0.453. The molecule has 0 aliphatic rings. The van der Waals surface area contributed by atoms with Crippen LogP contribution in [-0.2, 0) is 12.2 Å². The fourth-order valence-corrected chi connectivity index (χ4v) is 3.55. The van der Waals surface area contributed by atoms with Gasteiger partial charge >= 0.3 is 0 Å². The van der Waals surface area contributed by atoms with Gasteiger partial charge in [0, 0.05) is 17.5 Å². The molecule has 0 bridgehead atoms. The van der Waals surface area contributed by atoms with E-state index in [0.717, 1.165) is 28.8 Å². The molecule has 140 valence electrons. The summed E-state index contributed by atoms with van der Waals surface area (Å²) in [7, 11) is 0. The molecule has 0 aliphatic heterocycles. The number of benzene rings is 2. The summed E-state index contributed by atoms with van der Waals surface area (Å²) in [5.74, 6) is 2.76. The zero-order valence-corrected chi connectivity index (χ0v) is 17.2. The number of hydrogen-bond donors (Lipinski definition) is 0. The molecule has 0 fully saturated rings. The molecule has 27 heavy (non-hydrogen) atoms. The summed E-state index contributed by atoms with van der Waals surface area (Å²) in [5, 5.41) is 0.754. The van der Waals surface area contributed by atoms with Crippen molar-refractivity contribution >= 4 is 11.8 Å². The number of thioether (sulfide) groups is 1. The fraction of sp³-hybridized carbons (Fsp3) is 0.304. The number of hydrogen-bond acceptors (Lipinski definition) is 4. The molecule has 0 spiro atoms. The van der Waals surface area contributed by atoms with Crippen molar-refractivity contribution in [1.82, 2.24) is 9.97 Å². The van der Waals surface area contributed by atoms with Crippen LogP contribution in [0.4, 0.5) is 0 Å². The molecule has 1 heterocycles. The maximum absolute atomic E-state index is 6.00. The van der Waals surface area contributed by atoms with Gasteiger partial charge in [-0.2, -0.15) is 4.98 Å². The minimum Gasteiger partial charge on any atom is -0.439 e. The lowest BCUT2D eigenvalue weighted by atomic mass is 10.0. The third-order valence-electron chi connectivity index (χ3n) is 4.32. The fourth-order valence-electron chi connectivity index (χ4n) is 2.74. The van der Waals surface area contributed by atoms with E-state index in [9.17, 15) is 0 Å². The van der Waals surface area contributed by atoms with E-state index in [1.807, 2.05) is 18.2 Å². The van der Waals surface area contributed by atoms with E-state index < -0.39 is 0 Å². The van der Waals surface area contributed by atoms with Crippen LogP contribution in [0.3, 0.4) is 0 Å². The van der Waals surface area contributed by atoms with Gasteiger partial charge in [0.15, 0.2) is 5.16 Å². The Hall–Kier alpha value is -2.33. The van der Waals surface area contributed by atoms with Crippen molar-refractivity contribution in [3.05, 3.63) is 77.0 Å². The third kappa shape index (κ3) is 5.57. The van der Waals surface area contributed by atoms with E-state index in [1.165, 1.54) is 16.7 Å². The zero-order chi connectivity index (χ0) is 19.2. The first kappa shape index (κ1) is 19.4. The summed E-state index contributed by atoms with van der Waals surface area (Å²) < 4.78 is 6.00. The molecule has 0 unspecified atom stereocenters. The molecular formula is C23H26N2OS. The highest BCUT2D eigenvalue weighted by atomic mass is 32.2. The lowest BCUT2D eigenvalue weighted by Crippen LogP contribution is -1.97. The molecule has 0 atom stereocenters. The Morgan fingerprint density at radius 3 is 2.44 bits per heavy atom. The molecule has 0 saturated heterocycles. The summed E-state index contributed by atoms with van der Waals surface area (Å²) in [6.45, 7) is 8.58. The average molecular weight is 379 g/mol. The molecule has 3 nitrogen and oxygen atoms in total. The van der Waals surface area contributed by atoms with Crippen LogP contribution in [0.15, 0.2) is 59.8 Å². The van der Waals surface area contributed by atoms with E-state index in [-0.39, 0.29) is 0 Å². The number of aromatic nitrogens is 2. The van der Waals surface area contributed by atoms with Crippen LogP contribution in [0.2, 0.25) is 0 Å². The van der Waals surface area contributed by atoms with Gasteiger partial charge in [-0.1, -0.05) is 74.5 Å². The zero-order valence-electron chi connectivity index (χ0n) is 16.4. The van der Waals surface area contributed by atoms with Crippen LogP contribution in [0.25, 0.3) is 0 Å². The Bertz CT molecular complexity index is 891. The van der Waals surface area contributed by atoms with Crippen LogP contribution in [0, 0.1) is 6.92 Å². The van der Waals surface area contributed by atoms with E-state index in [0.29, 0.717) is 11.8 Å². The highest BCUT2D eigenvalue weighted by Gasteiger charge is 2.08. The molecule has 3 rings (SSSR count). The van der Waals surface area contributed by atoms with Gasteiger partial charge in [0.2, 0.25) is 5.88 Å². The van der Waals surface area contributed by atoms with Crippen LogP contribution in [0.5, 0.6) is 11.6 Å². The molecule has 0 N–H and O–H groups in total. The Labute approximate surface area is 166 Å². The molecule has 0 saturated carbocycles. The Balaban J connectivity index is 1.74. The van der Waals surface area contributed by atoms with Crippen molar-refractivity contribution in [2.45, 2.75) is 50.9 Å². The first-order valence-electron chi connectivity index (χ1n) is 9.37. The number of nitrogens with zero attached hydrogens (tertiary/aromatic N) is 2. The quantitative estimate of drug-likeness (QED) is 0.345. The maximum Gasteiger partial charge on any atom is 0.223 e. The van der Waals surface area contributed by atoms with Crippen molar-refractivity contribution in [1.29, 1.82) is 0 Å². The predicted molar refractivity (Wildman–Crippen MR) is 113 cm³/mol. The second kappa shape index (κ2) is 9.05. The number of rotatable bonds is 7. The Morgan fingerprint density at radius 2 is 1.78 bits per heavy atom. The second-order valence-corrected chi connectivity index (χ2v) is 7.88. The molecule has 2 aromatic carbocycles. The normalized spacial score (nSPS) is 11.0. The van der Waals surface area contributed by atoms with Gasteiger partial charge < -0.3 is 4.74 Å². The van der Waals surface area contributed by atoms with Gasteiger partial charge in [-0.05, 0) is 42.5 Å². The first-order valence-corrected chi connectivity index (χ1v) is 10.4. The Morgan fingerprint density at radius 1 is 1.00 bits per heavy atom. The van der Waals surface area contributed by atoms with Crippen LogP contribution >= 0.6 is 11.8 Å². The van der Waals surface area contributed by atoms with Gasteiger partial charge in [-0.15, -0.1) is 0 Å². The molecule has 3 aromatic rings. The average Bonchev–Trinajstić information content (AvgIpc) is 2.66. The maximum atomic E-state index is 6.00. The molecule has 4 heteroatoms. The topological polar surface area (TPSA) is 35.0 Å². The first-order chi connectivity index (χ1) is 13.0. The van der Waals surface area contributed by atoms with Crippen molar-refractivity contribution in [2.75, 3.05) is 0 Å². The molecule has 0 amide bonds. The van der Waals surface area contributed by atoms with Crippen LogP contribution in [-0.4, -0.2) is 9.97 Å². The van der Waals surface area contributed by atoms with Crippen molar-refractivity contribution in [3.63, 3.8) is 0 Å². The largest absolute Gasteiger partial charge is 0.439 e. The van der Waals surface area contributed by atoms with E-state index in [4.69, 9.17) is 4.74 Å². The van der Waals surface area contributed by atoms with Gasteiger partial charge in [-0.3, -0.25) is 0 Å². The van der Waals surface area contributed by atoms with E-state index in [1.54, 1.807) is 11.8 Å². The standard InChI is InChI=1S/C23H26N2OS/c1-5-20-14-22(26-21-11-9-19(10-12-21)16(2)3)25-23(24-20)27-15-18-8-6-7-17(4)13-18/h6-14,16H,5,15H2,1-4H3. The van der Waals surface area contributed by atoms with Crippen molar-refractivity contribution < 1.29 is 4.74 Å². The van der Waals surface area contributed by atoms with E-state index in [2.05, 4.69) is 74.1 Å². The highest BCUT2D eigenvalue weighted by molar-refractivity contribution is 7.98. The second-order valence-electron chi connectivity index (χ2n) is 6.94. The lowest BCUT2D eigenvalue weighted by Gasteiger charge is -2.10. The third-order valence-corrected chi connectivity index (χ3v) is 5.24. The summed E-state index contributed by atoms with van der Waals surface area (Å²) in [4.78, 5) is 9.24. The van der Waals surface area contributed by atoms with Crippen LogP contribution in [0.1, 0.15) is 49.1 Å². The molecule has 0 aliphatic carbocycles. The highest BCUT2D eigenvalue weighted by Crippen LogP contribution is 2.26. The minimum absolute atomic E-state index is 0.509. The molecule has 1 aromatic heterocycles. The number of aryl methyl sites for hydroxylation is 2. The van der Waals surface area contributed by atoms with E-state index >= 15 is 0 Å². The van der Waals surface area contributed by atoms with Gasteiger partial charge in [0.25, 0.3) is 0 Å². The summed E-state index contributed by atoms with van der Waals surface area (Å²) in [6.07, 6.45) is 0.850. The van der Waals surface area contributed by atoms with Crippen molar-refractivity contribution in [3.8, 4) is 11.6 Å². The minimum atomic E-state index is 0.509. The Kier molecular flexibility index (Phi) is 6.51. The van der Waals surface area contributed by atoms with Gasteiger partial charge in [0.05, 0.1) is 0 Å². The number of ether oxygens (including phenoxy) is 1. The van der Waals surface area contributed by atoms with Gasteiger partial charge in [0.1, 0.15) is 5.75 Å².